The highest BCUT2D eigenvalue weighted by Gasteiger charge is 2.44. The maximum atomic E-state index is 2.60. The van der Waals surface area contributed by atoms with Crippen LogP contribution in [0.1, 0.15) is 79.0 Å². The third kappa shape index (κ3) is 6.60. The summed E-state index contributed by atoms with van der Waals surface area (Å²) in [6, 6.07) is 64.7. The molecule has 0 spiro atoms. The van der Waals surface area contributed by atoms with Crippen molar-refractivity contribution in [1.82, 2.24) is 0 Å². The summed E-state index contributed by atoms with van der Waals surface area (Å²) in [7, 11) is 0. The quantitative estimate of drug-likeness (QED) is 0.163. The number of hydrogen-bond donors (Lipinski definition) is 0. The van der Waals surface area contributed by atoms with E-state index in [1.54, 1.807) is 0 Å². The first-order chi connectivity index (χ1) is 30.6. The van der Waals surface area contributed by atoms with Crippen LogP contribution in [-0.4, -0.2) is 6.71 Å². The highest BCUT2D eigenvalue weighted by Crippen LogP contribution is 2.48. The van der Waals surface area contributed by atoms with Crippen LogP contribution in [0.4, 0.5) is 34.1 Å². The second-order valence-electron chi connectivity index (χ2n) is 21.1. The van der Waals surface area contributed by atoms with Crippen LogP contribution in [0.5, 0.6) is 0 Å². The molecule has 9 aromatic rings. The molecule has 0 N–H and O–H groups in total. The molecule has 0 saturated carbocycles. The first-order valence-electron chi connectivity index (χ1n) is 22.9. The van der Waals surface area contributed by atoms with E-state index in [9.17, 15) is 0 Å². The Hall–Kier alpha value is -6.36. The van der Waals surface area contributed by atoms with Gasteiger partial charge in [-0.15, -0.1) is 11.3 Å². The van der Waals surface area contributed by atoms with Crippen molar-refractivity contribution in [3.8, 4) is 22.3 Å². The van der Waals surface area contributed by atoms with Gasteiger partial charge in [0.05, 0.1) is 5.69 Å². The lowest BCUT2D eigenvalue weighted by Crippen LogP contribution is -2.61. The molecule has 1 aromatic heterocycles. The van der Waals surface area contributed by atoms with E-state index < -0.39 is 0 Å². The van der Waals surface area contributed by atoms with Gasteiger partial charge in [0.2, 0.25) is 0 Å². The summed E-state index contributed by atoms with van der Waals surface area (Å²) >= 11 is 1.88. The Labute approximate surface area is 383 Å². The fourth-order valence-electron chi connectivity index (χ4n) is 10.2. The van der Waals surface area contributed by atoms with E-state index in [-0.39, 0.29) is 23.0 Å². The van der Waals surface area contributed by atoms with Crippen LogP contribution in [0.2, 0.25) is 0 Å². The first-order valence-corrected chi connectivity index (χ1v) is 23.7. The van der Waals surface area contributed by atoms with Gasteiger partial charge in [-0.05, 0) is 127 Å². The molecule has 4 heteroatoms. The Morgan fingerprint density at radius 3 is 1.69 bits per heavy atom. The molecule has 0 bridgehead atoms. The Morgan fingerprint density at radius 2 is 0.969 bits per heavy atom. The van der Waals surface area contributed by atoms with E-state index in [1.165, 1.54) is 104 Å². The second-order valence-corrected chi connectivity index (χ2v) is 22.1. The molecule has 2 aliphatic heterocycles. The third-order valence-corrected chi connectivity index (χ3v) is 14.9. The number of benzene rings is 8. The van der Waals surface area contributed by atoms with Gasteiger partial charge in [-0.2, -0.15) is 0 Å². The van der Waals surface area contributed by atoms with Crippen LogP contribution in [0.15, 0.2) is 170 Å². The second kappa shape index (κ2) is 14.6. The maximum absolute atomic E-state index is 2.60. The minimum Gasteiger partial charge on any atom is -0.311 e. The van der Waals surface area contributed by atoms with Crippen molar-refractivity contribution in [2.75, 3.05) is 9.80 Å². The first kappa shape index (κ1) is 40.4. The summed E-state index contributed by atoms with van der Waals surface area (Å²) in [5.74, 6) is 0. The molecule has 3 heterocycles. The molecule has 2 aliphatic rings. The number of anilines is 6. The van der Waals surface area contributed by atoms with Crippen molar-refractivity contribution in [3.63, 3.8) is 0 Å². The van der Waals surface area contributed by atoms with Gasteiger partial charge in [0.1, 0.15) is 0 Å². The molecule has 314 valence electrons. The third-order valence-electron chi connectivity index (χ3n) is 13.8. The molecule has 0 saturated heterocycles. The van der Waals surface area contributed by atoms with Gasteiger partial charge in [-0.3, -0.25) is 0 Å². The summed E-state index contributed by atoms with van der Waals surface area (Å²) in [5, 5.41) is 2.66. The molecular weight excluding hydrogens is 792 g/mol. The normalized spacial score (nSPS) is 13.6. The topological polar surface area (TPSA) is 6.48 Å². The van der Waals surface area contributed by atoms with E-state index >= 15 is 0 Å². The molecule has 0 fully saturated rings. The lowest BCUT2D eigenvalue weighted by atomic mass is 9.33. The number of thiophene rings is 1. The largest absolute Gasteiger partial charge is 0.311 e. The Kier molecular flexibility index (Phi) is 9.21. The fraction of sp³-hybridized carbons (Fsp3) is 0.200. The van der Waals surface area contributed by atoms with Gasteiger partial charge >= 0.3 is 0 Å². The molecule has 0 unspecified atom stereocenters. The number of hydrogen-bond acceptors (Lipinski definition) is 3. The van der Waals surface area contributed by atoms with Gasteiger partial charge in [-0.1, -0.05) is 172 Å². The van der Waals surface area contributed by atoms with Crippen LogP contribution in [0.25, 0.3) is 42.4 Å². The van der Waals surface area contributed by atoms with Gasteiger partial charge in [0, 0.05) is 54.2 Å². The van der Waals surface area contributed by atoms with Gasteiger partial charge in [-0.25, -0.2) is 0 Å². The van der Waals surface area contributed by atoms with Crippen LogP contribution in [0.3, 0.4) is 0 Å². The molecule has 2 nitrogen and oxygen atoms in total. The lowest BCUT2D eigenvalue weighted by molar-refractivity contribution is 0.590. The molecule has 11 rings (SSSR count). The summed E-state index contributed by atoms with van der Waals surface area (Å²) in [4.78, 5) is 5.13. The summed E-state index contributed by atoms with van der Waals surface area (Å²) < 4.78 is 2.66. The lowest BCUT2D eigenvalue weighted by Gasteiger charge is -2.45. The number of rotatable bonds is 4. The van der Waals surface area contributed by atoms with Crippen molar-refractivity contribution in [3.05, 3.63) is 187 Å². The zero-order chi connectivity index (χ0) is 44.3. The average Bonchev–Trinajstić information content (AvgIpc) is 3.66. The molecule has 0 radical (unpaired) electrons. The highest BCUT2D eigenvalue weighted by molar-refractivity contribution is 7.25. The van der Waals surface area contributed by atoms with E-state index in [0.717, 1.165) is 5.69 Å². The molecule has 64 heavy (non-hydrogen) atoms. The van der Waals surface area contributed by atoms with E-state index in [2.05, 4.69) is 242 Å². The zero-order valence-corrected chi connectivity index (χ0v) is 39.4. The Balaban J connectivity index is 1.14. The van der Waals surface area contributed by atoms with Crippen molar-refractivity contribution >= 4 is 88.7 Å². The SMILES string of the molecule is CC(C)(C)c1ccc2c(c1)B1c3ccc(C(C)(C)C)cc3N(c3ccc(C(C)(C)C)cc3-c3ccccc3)c3cccc(c31)N2c1ccc(-c2ccc3c(c2)sc2ccccc23)cc1. The van der Waals surface area contributed by atoms with Crippen LogP contribution in [0, 0.1) is 0 Å². The minimum atomic E-state index is -0.0301. The van der Waals surface area contributed by atoms with Crippen molar-refractivity contribution in [2.24, 2.45) is 0 Å². The smallest absolute Gasteiger partial charge is 0.252 e. The average molecular weight is 847 g/mol. The van der Waals surface area contributed by atoms with Gasteiger partial charge < -0.3 is 9.80 Å². The number of fused-ring (bicyclic) bond motifs is 7. The summed E-state index contributed by atoms with van der Waals surface area (Å²) in [6.07, 6.45) is 0. The predicted octanol–water partition coefficient (Wildman–Crippen LogP) is 15.4. The van der Waals surface area contributed by atoms with Crippen LogP contribution < -0.4 is 26.2 Å². The van der Waals surface area contributed by atoms with E-state index in [0.29, 0.717) is 0 Å². The maximum Gasteiger partial charge on any atom is 0.252 e. The van der Waals surface area contributed by atoms with Crippen molar-refractivity contribution < 1.29 is 0 Å². The van der Waals surface area contributed by atoms with Crippen LogP contribution in [-0.2, 0) is 16.2 Å². The predicted molar refractivity (Wildman–Crippen MR) is 280 cm³/mol. The highest BCUT2D eigenvalue weighted by atomic mass is 32.1. The van der Waals surface area contributed by atoms with Gasteiger partial charge in [0.25, 0.3) is 6.71 Å². The van der Waals surface area contributed by atoms with E-state index in [4.69, 9.17) is 0 Å². The van der Waals surface area contributed by atoms with Crippen LogP contribution >= 0.6 is 11.3 Å². The Bertz CT molecular complexity index is 3280. The molecule has 0 aliphatic carbocycles. The van der Waals surface area contributed by atoms with Crippen molar-refractivity contribution in [2.45, 2.75) is 78.6 Å². The summed E-state index contributed by atoms with van der Waals surface area (Å²) in [6.45, 7) is 21.0. The van der Waals surface area contributed by atoms with Crippen molar-refractivity contribution in [1.29, 1.82) is 0 Å². The van der Waals surface area contributed by atoms with Gasteiger partial charge in [0.15, 0.2) is 0 Å². The zero-order valence-electron chi connectivity index (χ0n) is 38.5. The molecule has 8 aromatic carbocycles. The Morgan fingerprint density at radius 1 is 0.375 bits per heavy atom. The minimum absolute atomic E-state index is 0.00579. The number of nitrogens with zero attached hydrogens (tertiary/aromatic N) is 2. The molecule has 0 atom stereocenters. The van der Waals surface area contributed by atoms with E-state index in [1.807, 2.05) is 11.3 Å². The summed E-state index contributed by atoms with van der Waals surface area (Å²) in [5.41, 5.74) is 20.2. The fourth-order valence-corrected chi connectivity index (χ4v) is 11.3. The standard InChI is InChI=1S/C60H55BN2S/c1-58(2,3)41-26-32-50(47(35-41)39-16-11-10-12-17-39)63-53-20-15-19-52-57(53)61(48-31-25-43(37-54(48)63)60(7,8)9)49-36-42(59(4,5)6)27-33-51(49)62(52)44-28-22-38(23-29-44)40-24-30-46-45-18-13-14-21-55(45)64-56(46)34-40/h10-37H,1-9H3. The monoisotopic (exact) mass is 846 g/mol. The molecular formula is C60H55BN2S. The molecule has 0 amide bonds.